The number of rotatable bonds is 4. The number of ether oxygens (including phenoxy) is 1. The first-order chi connectivity index (χ1) is 10.9. The molecule has 2 fully saturated rings. The van der Waals surface area contributed by atoms with Crippen molar-refractivity contribution in [3.8, 4) is 0 Å². The first kappa shape index (κ1) is 16.0. The second-order valence-corrected chi connectivity index (χ2v) is 7.31. The zero-order chi connectivity index (χ0) is 16.6. The minimum absolute atomic E-state index is 0.0593. The van der Waals surface area contributed by atoms with Gasteiger partial charge in [-0.1, -0.05) is 12.1 Å². The topological polar surface area (TPSA) is 63.7 Å². The van der Waals surface area contributed by atoms with E-state index in [9.17, 15) is 18.8 Å². The molecule has 122 valence electrons. The van der Waals surface area contributed by atoms with Gasteiger partial charge in [0, 0.05) is 17.7 Å². The molecule has 2 saturated heterocycles. The maximum absolute atomic E-state index is 13.1. The quantitative estimate of drug-likeness (QED) is 0.621. The Morgan fingerprint density at radius 2 is 2.26 bits per heavy atom. The van der Waals surface area contributed by atoms with Crippen LogP contribution in [-0.2, 0) is 14.3 Å². The van der Waals surface area contributed by atoms with E-state index in [0.717, 1.165) is 6.07 Å². The summed E-state index contributed by atoms with van der Waals surface area (Å²) in [6, 6.07) is 4.57. The van der Waals surface area contributed by atoms with Crippen LogP contribution in [0.5, 0.6) is 0 Å². The van der Waals surface area contributed by atoms with E-state index in [0.29, 0.717) is 18.6 Å². The van der Waals surface area contributed by atoms with Gasteiger partial charge in [-0.05, 0) is 25.5 Å². The molecule has 0 saturated carbocycles. The Labute approximate surface area is 137 Å². The standard InChI is InChI=1S/C16H16FNO4S/c1-16-6-5-14(20)18(16)12(9-23-16)15(21)22-8-13(19)10-3-2-4-11(17)7-10/h2-4,7,12H,5-6,8-9H2,1H3/t12-,16-/m1/s1. The Balaban J connectivity index is 1.62. The summed E-state index contributed by atoms with van der Waals surface area (Å²) >= 11 is 1.56. The van der Waals surface area contributed by atoms with Crippen LogP contribution in [0.4, 0.5) is 4.39 Å². The highest BCUT2D eigenvalue weighted by Gasteiger charge is 2.53. The average molecular weight is 337 g/mol. The molecule has 2 aliphatic rings. The number of halogens is 1. The van der Waals surface area contributed by atoms with Gasteiger partial charge in [0.15, 0.2) is 12.4 Å². The lowest BCUT2D eigenvalue weighted by Gasteiger charge is -2.29. The van der Waals surface area contributed by atoms with Crippen molar-refractivity contribution in [3.05, 3.63) is 35.6 Å². The molecule has 0 unspecified atom stereocenters. The van der Waals surface area contributed by atoms with Crippen molar-refractivity contribution in [2.75, 3.05) is 12.4 Å². The number of fused-ring (bicyclic) bond motifs is 1. The highest BCUT2D eigenvalue weighted by atomic mass is 32.2. The Morgan fingerprint density at radius 1 is 1.48 bits per heavy atom. The molecule has 0 spiro atoms. The van der Waals surface area contributed by atoms with Crippen molar-refractivity contribution in [2.45, 2.75) is 30.7 Å². The first-order valence-electron chi connectivity index (χ1n) is 7.32. The molecule has 23 heavy (non-hydrogen) atoms. The van der Waals surface area contributed by atoms with E-state index in [1.807, 2.05) is 6.92 Å². The van der Waals surface area contributed by atoms with Crippen LogP contribution < -0.4 is 0 Å². The summed E-state index contributed by atoms with van der Waals surface area (Å²) in [6.45, 7) is 1.48. The molecule has 3 rings (SSSR count). The fourth-order valence-electron chi connectivity index (χ4n) is 2.97. The van der Waals surface area contributed by atoms with E-state index in [1.54, 1.807) is 16.7 Å². The second kappa shape index (κ2) is 5.96. The maximum atomic E-state index is 13.1. The van der Waals surface area contributed by atoms with Crippen LogP contribution in [-0.4, -0.2) is 45.8 Å². The SMILES string of the molecule is C[C@@]12CCC(=O)N1[C@@H](C(=O)OCC(=O)c1cccc(F)c1)CS2. The Kier molecular flexibility index (Phi) is 4.14. The number of esters is 1. The summed E-state index contributed by atoms with van der Waals surface area (Å²) in [7, 11) is 0. The normalized spacial score (nSPS) is 26.3. The fraction of sp³-hybridized carbons (Fsp3) is 0.438. The zero-order valence-corrected chi connectivity index (χ0v) is 13.4. The predicted octanol–water partition coefficient (Wildman–Crippen LogP) is 2.01. The number of thioether (sulfide) groups is 1. The third-order valence-corrected chi connectivity index (χ3v) is 5.71. The van der Waals surface area contributed by atoms with Crippen LogP contribution in [0.3, 0.4) is 0 Å². The van der Waals surface area contributed by atoms with E-state index in [1.165, 1.54) is 18.2 Å². The largest absolute Gasteiger partial charge is 0.456 e. The predicted molar refractivity (Wildman–Crippen MR) is 82.4 cm³/mol. The van der Waals surface area contributed by atoms with Crippen LogP contribution >= 0.6 is 11.8 Å². The van der Waals surface area contributed by atoms with Crippen molar-refractivity contribution < 1.29 is 23.5 Å². The van der Waals surface area contributed by atoms with Gasteiger partial charge in [-0.25, -0.2) is 9.18 Å². The second-order valence-electron chi connectivity index (χ2n) is 5.81. The molecular weight excluding hydrogens is 321 g/mol. The van der Waals surface area contributed by atoms with Crippen molar-refractivity contribution >= 4 is 29.4 Å². The van der Waals surface area contributed by atoms with Crippen LogP contribution in [0.1, 0.15) is 30.1 Å². The maximum Gasteiger partial charge on any atom is 0.330 e. The van der Waals surface area contributed by atoms with Crippen molar-refractivity contribution in [2.24, 2.45) is 0 Å². The molecule has 7 heteroatoms. The van der Waals surface area contributed by atoms with Crippen molar-refractivity contribution in [1.29, 1.82) is 0 Å². The highest BCUT2D eigenvalue weighted by Crippen LogP contribution is 2.47. The van der Waals surface area contributed by atoms with Gasteiger partial charge in [-0.15, -0.1) is 11.8 Å². The number of amides is 1. The fourth-order valence-corrected chi connectivity index (χ4v) is 4.39. The lowest BCUT2D eigenvalue weighted by atomic mass is 10.1. The van der Waals surface area contributed by atoms with Gasteiger partial charge in [0.05, 0.1) is 4.87 Å². The molecule has 1 aromatic rings. The van der Waals surface area contributed by atoms with Crippen LogP contribution in [0.2, 0.25) is 0 Å². The van der Waals surface area contributed by atoms with E-state index >= 15 is 0 Å². The molecule has 0 N–H and O–H groups in total. The van der Waals surface area contributed by atoms with Gasteiger partial charge in [0.25, 0.3) is 0 Å². The first-order valence-corrected chi connectivity index (χ1v) is 8.31. The average Bonchev–Trinajstić information content (AvgIpc) is 3.01. The number of carbonyl (C=O) groups is 3. The molecule has 0 aliphatic carbocycles. The number of Topliss-reactive ketones (excluding diaryl/α,β-unsaturated/α-hetero) is 1. The third-order valence-electron chi connectivity index (χ3n) is 4.21. The summed E-state index contributed by atoms with van der Waals surface area (Å²) in [5, 5.41) is 0. The highest BCUT2D eigenvalue weighted by molar-refractivity contribution is 8.01. The molecule has 5 nitrogen and oxygen atoms in total. The van der Waals surface area contributed by atoms with E-state index in [-0.39, 0.29) is 16.3 Å². The Bertz CT molecular complexity index is 680. The van der Waals surface area contributed by atoms with Gasteiger partial charge in [0.1, 0.15) is 11.9 Å². The smallest absolute Gasteiger partial charge is 0.330 e. The number of ketones is 1. The lowest BCUT2D eigenvalue weighted by molar-refractivity contribution is -0.152. The molecule has 2 atom stereocenters. The molecule has 1 aromatic carbocycles. The third kappa shape index (κ3) is 2.97. The van der Waals surface area contributed by atoms with E-state index in [2.05, 4.69) is 0 Å². The van der Waals surface area contributed by atoms with Crippen LogP contribution in [0, 0.1) is 5.82 Å². The molecular formula is C16H16FNO4S. The lowest BCUT2D eigenvalue weighted by Crippen LogP contribution is -2.46. The summed E-state index contributed by atoms with van der Waals surface area (Å²) in [5.41, 5.74) is 0.153. The molecule has 2 aliphatic heterocycles. The van der Waals surface area contributed by atoms with E-state index in [4.69, 9.17) is 4.74 Å². The summed E-state index contributed by atoms with van der Waals surface area (Å²) < 4.78 is 18.2. The molecule has 1 amide bonds. The van der Waals surface area contributed by atoms with Crippen LogP contribution in [0.25, 0.3) is 0 Å². The Morgan fingerprint density at radius 3 is 3.00 bits per heavy atom. The van der Waals surface area contributed by atoms with Gasteiger partial charge in [-0.3, -0.25) is 9.59 Å². The van der Waals surface area contributed by atoms with E-state index < -0.39 is 30.2 Å². The van der Waals surface area contributed by atoms with Gasteiger partial charge in [-0.2, -0.15) is 0 Å². The monoisotopic (exact) mass is 337 g/mol. The number of nitrogens with zero attached hydrogens (tertiary/aromatic N) is 1. The number of hydrogen-bond acceptors (Lipinski definition) is 5. The minimum Gasteiger partial charge on any atom is -0.456 e. The zero-order valence-electron chi connectivity index (χ0n) is 12.6. The summed E-state index contributed by atoms with van der Waals surface area (Å²) in [5.74, 6) is -1.17. The van der Waals surface area contributed by atoms with Crippen molar-refractivity contribution in [3.63, 3.8) is 0 Å². The molecule has 0 aromatic heterocycles. The van der Waals surface area contributed by atoms with Crippen LogP contribution in [0.15, 0.2) is 24.3 Å². The summed E-state index contributed by atoms with van der Waals surface area (Å²) in [4.78, 5) is 37.4. The Hall–Kier alpha value is -1.89. The number of carbonyl (C=O) groups excluding carboxylic acids is 3. The number of hydrogen-bond donors (Lipinski definition) is 0. The molecule has 2 heterocycles. The van der Waals surface area contributed by atoms with Gasteiger partial charge < -0.3 is 9.64 Å². The minimum atomic E-state index is -0.652. The van der Waals surface area contributed by atoms with Gasteiger partial charge >= 0.3 is 5.97 Å². The van der Waals surface area contributed by atoms with Crippen molar-refractivity contribution in [1.82, 2.24) is 4.90 Å². The summed E-state index contributed by atoms with van der Waals surface area (Å²) in [6.07, 6.45) is 1.14. The number of benzene rings is 1. The molecule has 0 radical (unpaired) electrons. The van der Waals surface area contributed by atoms with Gasteiger partial charge in [0.2, 0.25) is 5.91 Å². The molecule has 0 bridgehead atoms.